The maximum Gasteiger partial charge on any atom is 0.416 e. The predicted molar refractivity (Wildman–Crippen MR) is 67.5 cm³/mol. The zero-order valence-electron chi connectivity index (χ0n) is 10.9. The monoisotopic (exact) mass is 274 g/mol. The molecule has 5 heteroatoms. The van der Waals surface area contributed by atoms with Gasteiger partial charge in [-0.2, -0.15) is 13.2 Å². The number of ether oxygens (including phenoxy) is 2. The highest BCUT2D eigenvalue weighted by Crippen LogP contribution is 2.29. The van der Waals surface area contributed by atoms with Crippen molar-refractivity contribution in [2.24, 2.45) is 0 Å². The Morgan fingerprint density at radius 2 is 1.79 bits per heavy atom. The van der Waals surface area contributed by atoms with E-state index in [0.29, 0.717) is 18.8 Å². The molecule has 0 spiro atoms. The first-order valence-electron chi connectivity index (χ1n) is 6.06. The smallest absolute Gasteiger partial charge is 0.349 e. The van der Waals surface area contributed by atoms with Crippen molar-refractivity contribution < 1.29 is 22.6 Å². The second kappa shape index (κ2) is 7.31. The van der Waals surface area contributed by atoms with Crippen LogP contribution < -0.4 is 0 Å². The quantitative estimate of drug-likeness (QED) is 0.726. The lowest BCUT2D eigenvalue weighted by Crippen LogP contribution is -2.14. The van der Waals surface area contributed by atoms with Crippen LogP contribution in [0.15, 0.2) is 30.3 Å². The highest BCUT2D eigenvalue weighted by molar-refractivity contribution is 5.51. The van der Waals surface area contributed by atoms with Gasteiger partial charge in [-0.25, -0.2) is 0 Å². The lowest BCUT2D eigenvalue weighted by atomic mass is 10.1. The molecule has 0 aliphatic heterocycles. The molecule has 0 radical (unpaired) electrons. The third-order valence-corrected chi connectivity index (χ3v) is 2.32. The molecule has 0 fully saturated rings. The van der Waals surface area contributed by atoms with Gasteiger partial charge in [-0.15, -0.1) is 0 Å². The maximum absolute atomic E-state index is 12.5. The molecule has 0 atom stereocenters. The van der Waals surface area contributed by atoms with Gasteiger partial charge >= 0.3 is 6.18 Å². The van der Waals surface area contributed by atoms with Gasteiger partial charge in [-0.05, 0) is 37.6 Å². The van der Waals surface area contributed by atoms with Gasteiger partial charge < -0.3 is 9.47 Å². The Morgan fingerprint density at radius 3 is 2.32 bits per heavy atom. The van der Waals surface area contributed by atoms with Gasteiger partial charge in [0.05, 0.1) is 5.56 Å². The van der Waals surface area contributed by atoms with Gasteiger partial charge in [0, 0.05) is 13.2 Å². The van der Waals surface area contributed by atoms with Gasteiger partial charge in [0.15, 0.2) is 6.29 Å². The molecule has 0 bridgehead atoms. The molecule has 0 aromatic heterocycles. The van der Waals surface area contributed by atoms with E-state index in [4.69, 9.17) is 9.47 Å². The van der Waals surface area contributed by atoms with Crippen molar-refractivity contribution in [3.05, 3.63) is 41.5 Å². The Morgan fingerprint density at radius 1 is 1.16 bits per heavy atom. The molecular weight excluding hydrogens is 257 g/mol. The molecule has 0 N–H and O–H groups in total. The van der Waals surface area contributed by atoms with Crippen LogP contribution in [0.5, 0.6) is 0 Å². The summed E-state index contributed by atoms with van der Waals surface area (Å²) in [6, 6.07) is 5.10. The van der Waals surface area contributed by atoms with Gasteiger partial charge in [-0.1, -0.05) is 18.2 Å². The van der Waals surface area contributed by atoms with Crippen LogP contribution in [0.2, 0.25) is 0 Å². The molecule has 106 valence electrons. The van der Waals surface area contributed by atoms with Crippen LogP contribution in [0.25, 0.3) is 6.08 Å². The molecule has 0 heterocycles. The van der Waals surface area contributed by atoms with Crippen molar-refractivity contribution in [3.63, 3.8) is 0 Å². The van der Waals surface area contributed by atoms with Crippen LogP contribution in [0, 0.1) is 0 Å². The first kappa shape index (κ1) is 15.7. The third-order valence-electron chi connectivity index (χ3n) is 2.32. The zero-order chi connectivity index (χ0) is 14.3. The van der Waals surface area contributed by atoms with Gasteiger partial charge in [0.2, 0.25) is 0 Å². The molecule has 1 aromatic carbocycles. The Hall–Kier alpha value is -1.33. The average molecular weight is 274 g/mol. The van der Waals surface area contributed by atoms with Gasteiger partial charge in [0.1, 0.15) is 0 Å². The minimum absolute atomic E-state index is 0.458. The Balaban J connectivity index is 2.80. The molecule has 2 nitrogen and oxygen atoms in total. The summed E-state index contributed by atoms with van der Waals surface area (Å²) in [6.45, 7) is 4.59. The maximum atomic E-state index is 12.5. The van der Waals surface area contributed by atoms with E-state index < -0.39 is 18.0 Å². The van der Waals surface area contributed by atoms with Crippen molar-refractivity contribution in [2.45, 2.75) is 26.3 Å². The van der Waals surface area contributed by atoms with Crippen molar-refractivity contribution in [1.29, 1.82) is 0 Å². The summed E-state index contributed by atoms with van der Waals surface area (Å²) >= 11 is 0. The van der Waals surface area contributed by atoms with E-state index in [1.54, 1.807) is 18.2 Å². The van der Waals surface area contributed by atoms with E-state index in [-0.39, 0.29) is 0 Å². The van der Waals surface area contributed by atoms with Gasteiger partial charge in [-0.3, -0.25) is 0 Å². The zero-order valence-corrected chi connectivity index (χ0v) is 10.9. The summed E-state index contributed by atoms with van der Waals surface area (Å²) in [5, 5.41) is 0. The average Bonchev–Trinajstić information content (AvgIpc) is 2.36. The molecule has 0 saturated carbocycles. The molecule has 19 heavy (non-hydrogen) atoms. The molecule has 0 aliphatic carbocycles. The topological polar surface area (TPSA) is 18.5 Å². The van der Waals surface area contributed by atoms with Crippen molar-refractivity contribution in [3.8, 4) is 0 Å². The summed E-state index contributed by atoms with van der Waals surface area (Å²) in [7, 11) is 0. The summed E-state index contributed by atoms with van der Waals surface area (Å²) in [6.07, 6.45) is -1.71. The highest BCUT2D eigenvalue weighted by Gasteiger charge is 2.30. The van der Waals surface area contributed by atoms with Crippen molar-refractivity contribution >= 4 is 6.08 Å². The Kier molecular flexibility index (Phi) is 6.05. The highest BCUT2D eigenvalue weighted by atomic mass is 19.4. The Labute approximate surface area is 110 Å². The molecular formula is C14H17F3O2. The van der Waals surface area contributed by atoms with Crippen LogP contribution in [-0.4, -0.2) is 19.5 Å². The molecule has 0 amide bonds. The summed E-state index contributed by atoms with van der Waals surface area (Å²) in [5.41, 5.74) is -0.210. The molecule has 1 rings (SSSR count). The van der Waals surface area contributed by atoms with E-state index in [1.165, 1.54) is 6.07 Å². The lowest BCUT2D eigenvalue weighted by molar-refractivity contribution is -0.137. The fourth-order valence-corrected chi connectivity index (χ4v) is 1.50. The SMILES string of the molecule is CCOC(/C=C/c1cccc(C(F)(F)F)c1)OCC. The van der Waals surface area contributed by atoms with E-state index in [1.807, 2.05) is 13.8 Å². The lowest BCUT2D eigenvalue weighted by Gasteiger charge is -2.12. The van der Waals surface area contributed by atoms with Crippen LogP contribution >= 0.6 is 0 Å². The van der Waals surface area contributed by atoms with E-state index in [2.05, 4.69) is 0 Å². The number of alkyl halides is 3. The fraction of sp³-hybridized carbons (Fsp3) is 0.429. The van der Waals surface area contributed by atoms with Crippen LogP contribution in [0.3, 0.4) is 0 Å². The predicted octanol–water partition coefficient (Wildman–Crippen LogP) is 4.12. The second-order valence-electron chi connectivity index (χ2n) is 3.76. The minimum atomic E-state index is -4.33. The van der Waals surface area contributed by atoms with E-state index in [0.717, 1.165) is 12.1 Å². The van der Waals surface area contributed by atoms with Crippen LogP contribution in [0.1, 0.15) is 25.0 Å². The largest absolute Gasteiger partial charge is 0.416 e. The van der Waals surface area contributed by atoms with Crippen molar-refractivity contribution in [2.75, 3.05) is 13.2 Å². The number of rotatable bonds is 6. The standard InChI is InChI=1S/C14H17F3O2/c1-3-18-13(19-4-2)9-8-11-6-5-7-12(10-11)14(15,16)17/h5-10,13H,3-4H2,1-2H3/b9-8+. The Bertz CT molecular complexity index is 407. The first-order valence-corrected chi connectivity index (χ1v) is 6.06. The summed E-state index contributed by atoms with van der Waals surface area (Å²) in [4.78, 5) is 0. The normalized spacial score (nSPS) is 12.5. The van der Waals surface area contributed by atoms with E-state index >= 15 is 0 Å². The second-order valence-corrected chi connectivity index (χ2v) is 3.76. The third kappa shape index (κ3) is 5.44. The number of hydrogen-bond donors (Lipinski definition) is 0. The van der Waals surface area contributed by atoms with Crippen molar-refractivity contribution in [1.82, 2.24) is 0 Å². The van der Waals surface area contributed by atoms with Gasteiger partial charge in [0.25, 0.3) is 0 Å². The minimum Gasteiger partial charge on any atom is -0.349 e. The molecule has 1 aromatic rings. The number of halogens is 3. The number of benzene rings is 1. The first-order chi connectivity index (χ1) is 8.97. The summed E-state index contributed by atoms with van der Waals surface area (Å²) < 4.78 is 48.1. The number of hydrogen-bond acceptors (Lipinski definition) is 2. The van der Waals surface area contributed by atoms with Crippen LogP contribution in [-0.2, 0) is 15.7 Å². The fourth-order valence-electron chi connectivity index (χ4n) is 1.50. The van der Waals surface area contributed by atoms with E-state index in [9.17, 15) is 13.2 Å². The molecule has 0 aliphatic rings. The van der Waals surface area contributed by atoms with Crippen LogP contribution in [0.4, 0.5) is 13.2 Å². The summed E-state index contributed by atoms with van der Waals surface area (Å²) in [5.74, 6) is 0. The molecule has 0 unspecified atom stereocenters. The molecule has 0 saturated heterocycles.